The van der Waals surface area contributed by atoms with Gasteiger partial charge in [0.05, 0.1) is 22.7 Å². The van der Waals surface area contributed by atoms with Gasteiger partial charge in [0, 0.05) is 10.4 Å². The van der Waals surface area contributed by atoms with Gasteiger partial charge in [-0.3, -0.25) is 4.79 Å². The minimum atomic E-state index is -1.00. The van der Waals surface area contributed by atoms with Gasteiger partial charge in [0.2, 0.25) is 5.91 Å². The summed E-state index contributed by atoms with van der Waals surface area (Å²) in [5, 5.41) is 19.5. The standard InChI is InChI=1S/C31H29ClN2O4/c1-18-27(19(2)38-34-18)29(35)26-17-22-16-23(12-15-25(22)37-26)31(3,4)30(36)33-28(20-8-6-5-7-9-20)21-10-13-24(32)14-11-21/h5-17,28-29,35H,1-4H3,(H,33,36). The Morgan fingerprint density at radius 3 is 2.32 bits per heavy atom. The highest BCUT2D eigenvalue weighted by Crippen LogP contribution is 2.34. The molecule has 2 atom stereocenters. The molecule has 0 saturated heterocycles. The summed E-state index contributed by atoms with van der Waals surface area (Å²) in [7, 11) is 0. The molecule has 2 N–H and O–H groups in total. The Balaban J connectivity index is 1.44. The number of amides is 1. The van der Waals surface area contributed by atoms with Crippen LogP contribution in [0.2, 0.25) is 5.02 Å². The number of carbonyl (C=O) groups excluding carboxylic acids is 1. The van der Waals surface area contributed by atoms with E-state index >= 15 is 0 Å². The van der Waals surface area contributed by atoms with Crippen LogP contribution in [-0.2, 0) is 10.2 Å². The van der Waals surface area contributed by atoms with Crippen molar-refractivity contribution in [2.75, 3.05) is 0 Å². The van der Waals surface area contributed by atoms with Crippen LogP contribution in [0.15, 0.2) is 87.8 Å². The fourth-order valence-corrected chi connectivity index (χ4v) is 4.84. The minimum absolute atomic E-state index is 0.125. The summed E-state index contributed by atoms with van der Waals surface area (Å²) in [6.45, 7) is 7.33. The number of carbonyl (C=O) groups is 1. The lowest BCUT2D eigenvalue weighted by molar-refractivity contribution is -0.126. The predicted octanol–water partition coefficient (Wildman–Crippen LogP) is 6.96. The summed E-state index contributed by atoms with van der Waals surface area (Å²) in [6.07, 6.45) is -1.00. The topological polar surface area (TPSA) is 88.5 Å². The number of rotatable bonds is 7. The quantitative estimate of drug-likeness (QED) is 0.238. The summed E-state index contributed by atoms with van der Waals surface area (Å²) in [5.41, 5.74) is 3.71. The summed E-state index contributed by atoms with van der Waals surface area (Å²) in [4.78, 5) is 13.8. The van der Waals surface area contributed by atoms with E-state index in [0.29, 0.717) is 33.4 Å². The van der Waals surface area contributed by atoms with Crippen LogP contribution in [-0.4, -0.2) is 16.2 Å². The molecule has 5 rings (SSSR count). The number of fused-ring (bicyclic) bond motifs is 1. The fourth-order valence-electron chi connectivity index (χ4n) is 4.71. The summed E-state index contributed by atoms with van der Waals surface area (Å²) < 4.78 is 11.2. The van der Waals surface area contributed by atoms with Gasteiger partial charge in [-0.1, -0.05) is 65.3 Å². The Morgan fingerprint density at radius 1 is 0.974 bits per heavy atom. The first-order valence-electron chi connectivity index (χ1n) is 12.4. The van der Waals surface area contributed by atoms with Gasteiger partial charge in [0.15, 0.2) is 0 Å². The van der Waals surface area contributed by atoms with E-state index in [0.717, 1.165) is 22.1 Å². The Kier molecular flexibility index (Phi) is 6.86. The molecule has 0 aliphatic heterocycles. The van der Waals surface area contributed by atoms with Crippen LogP contribution in [0.25, 0.3) is 11.0 Å². The molecule has 3 aromatic carbocycles. The highest BCUT2D eigenvalue weighted by atomic mass is 35.5. The SMILES string of the molecule is Cc1noc(C)c1C(O)c1cc2cc(C(C)(C)C(=O)NC(c3ccccc3)c3ccc(Cl)cc3)ccc2o1. The van der Waals surface area contributed by atoms with Crippen molar-refractivity contribution in [2.24, 2.45) is 0 Å². The van der Waals surface area contributed by atoms with E-state index in [4.69, 9.17) is 20.5 Å². The summed E-state index contributed by atoms with van der Waals surface area (Å²) >= 11 is 6.12. The monoisotopic (exact) mass is 528 g/mol. The van der Waals surface area contributed by atoms with Crippen molar-refractivity contribution in [2.45, 2.75) is 45.3 Å². The summed E-state index contributed by atoms with van der Waals surface area (Å²) in [5.74, 6) is 0.809. The molecule has 0 aliphatic carbocycles. The Bertz CT molecular complexity index is 1570. The van der Waals surface area contributed by atoms with Gasteiger partial charge in [-0.25, -0.2) is 0 Å². The number of aliphatic hydroxyl groups is 1. The molecule has 0 bridgehead atoms. The van der Waals surface area contributed by atoms with E-state index in [1.165, 1.54) is 0 Å². The number of benzene rings is 3. The number of nitrogens with zero attached hydrogens (tertiary/aromatic N) is 1. The lowest BCUT2D eigenvalue weighted by Gasteiger charge is -2.28. The van der Waals surface area contributed by atoms with Crippen LogP contribution < -0.4 is 5.32 Å². The van der Waals surface area contributed by atoms with Crippen molar-refractivity contribution < 1.29 is 18.8 Å². The number of aliphatic hydroxyl groups excluding tert-OH is 1. The van der Waals surface area contributed by atoms with Crippen LogP contribution in [0.3, 0.4) is 0 Å². The van der Waals surface area contributed by atoms with Gasteiger partial charge >= 0.3 is 0 Å². The molecular formula is C31H29ClN2O4. The van der Waals surface area contributed by atoms with Gasteiger partial charge in [0.25, 0.3) is 0 Å². The van der Waals surface area contributed by atoms with Crippen molar-refractivity contribution in [3.8, 4) is 0 Å². The highest BCUT2D eigenvalue weighted by Gasteiger charge is 2.33. The molecule has 0 saturated carbocycles. The number of furan rings is 1. The first-order chi connectivity index (χ1) is 18.1. The van der Waals surface area contributed by atoms with Gasteiger partial charge in [-0.05, 0) is 74.7 Å². The van der Waals surface area contributed by atoms with Crippen LogP contribution in [0.5, 0.6) is 0 Å². The molecular weight excluding hydrogens is 500 g/mol. The maximum atomic E-state index is 13.8. The van der Waals surface area contributed by atoms with E-state index in [-0.39, 0.29) is 11.9 Å². The van der Waals surface area contributed by atoms with E-state index in [9.17, 15) is 9.90 Å². The molecule has 0 radical (unpaired) electrons. The average Bonchev–Trinajstić information content (AvgIpc) is 3.50. The fraction of sp³-hybridized carbons (Fsp3) is 0.226. The second-order valence-corrected chi connectivity index (χ2v) is 10.5. The third kappa shape index (κ3) is 4.85. The lowest BCUT2D eigenvalue weighted by atomic mass is 9.82. The van der Waals surface area contributed by atoms with Crippen LogP contribution >= 0.6 is 11.6 Å². The number of hydrogen-bond acceptors (Lipinski definition) is 5. The molecule has 0 spiro atoms. The molecule has 0 aliphatic rings. The molecule has 194 valence electrons. The predicted molar refractivity (Wildman–Crippen MR) is 147 cm³/mol. The second-order valence-electron chi connectivity index (χ2n) is 10.0. The highest BCUT2D eigenvalue weighted by molar-refractivity contribution is 6.30. The van der Waals surface area contributed by atoms with Crippen molar-refractivity contribution in [1.82, 2.24) is 10.5 Å². The maximum Gasteiger partial charge on any atom is 0.230 e. The zero-order chi connectivity index (χ0) is 27.0. The van der Waals surface area contributed by atoms with Gasteiger partial charge in [-0.2, -0.15) is 0 Å². The van der Waals surface area contributed by atoms with Crippen LogP contribution in [0.4, 0.5) is 0 Å². The Labute approximate surface area is 226 Å². The van der Waals surface area contributed by atoms with Gasteiger partial charge in [0.1, 0.15) is 23.2 Å². The number of halogens is 1. The van der Waals surface area contributed by atoms with Crippen LogP contribution in [0, 0.1) is 13.8 Å². The van der Waals surface area contributed by atoms with E-state index in [1.807, 2.05) is 86.6 Å². The molecule has 1 amide bonds. The van der Waals surface area contributed by atoms with Crippen LogP contribution in [0.1, 0.15) is 65.5 Å². The third-order valence-corrected chi connectivity index (χ3v) is 7.32. The zero-order valence-electron chi connectivity index (χ0n) is 21.7. The molecule has 2 unspecified atom stereocenters. The van der Waals surface area contributed by atoms with Crippen molar-refractivity contribution in [1.29, 1.82) is 0 Å². The number of aromatic nitrogens is 1. The van der Waals surface area contributed by atoms with Gasteiger partial charge in [-0.15, -0.1) is 0 Å². The van der Waals surface area contributed by atoms with Crippen molar-refractivity contribution in [3.05, 3.63) is 123 Å². The normalized spacial score (nSPS) is 13.4. The third-order valence-electron chi connectivity index (χ3n) is 7.07. The zero-order valence-corrected chi connectivity index (χ0v) is 22.4. The Hall–Kier alpha value is -3.87. The van der Waals surface area contributed by atoms with E-state index in [2.05, 4.69) is 10.5 Å². The van der Waals surface area contributed by atoms with Crippen molar-refractivity contribution >= 4 is 28.5 Å². The maximum absolute atomic E-state index is 13.8. The number of aryl methyl sites for hydroxylation is 2. The van der Waals surface area contributed by atoms with Crippen molar-refractivity contribution in [3.63, 3.8) is 0 Å². The number of nitrogens with one attached hydrogen (secondary N) is 1. The molecule has 0 fully saturated rings. The molecule has 2 aromatic heterocycles. The average molecular weight is 529 g/mol. The first kappa shape index (κ1) is 25.8. The van der Waals surface area contributed by atoms with E-state index < -0.39 is 11.5 Å². The van der Waals surface area contributed by atoms with Gasteiger partial charge < -0.3 is 19.4 Å². The minimum Gasteiger partial charge on any atom is -0.458 e. The second kappa shape index (κ2) is 10.1. The number of hydrogen-bond donors (Lipinski definition) is 2. The summed E-state index contributed by atoms with van der Waals surface area (Å²) in [6, 6.07) is 24.5. The first-order valence-corrected chi connectivity index (χ1v) is 12.8. The van der Waals surface area contributed by atoms with E-state index in [1.54, 1.807) is 19.9 Å². The molecule has 38 heavy (non-hydrogen) atoms. The smallest absolute Gasteiger partial charge is 0.230 e. The molecule has 7 heteroatoms. The molecule has 2 heterocycles. The molecule has 5 aromatic rings. The Morgan fingerprint density at radius 2 is 1.66 bits per heavy atom. The lowest BCUT2D eigenvalue weighted by Crippen LogP contribution is -2.42. The largest absolute Gasteiger partial charge is 0.458 e. The molecule has 6 nitrogen and oxygen atoms in total.